The molecule has 1 aromatic rings. The van der Waals surface area contributed by atoms with Gasteiger partial charge >= 0.3 is 5.97 Å². The first-order valence-corrected chi connectivity index (χ1v) is 6.93. The van der Waals surface area contributed by atoms with E-state index in [4.69, 9.17) is 10.5 Å². The second kappa shape index (κ2) is 6.41. The Bertz CT molecular complexity index is 478. The van der Waals surface area contributed by atoms with E-state index >= 15 is 0 Å². The number of carbonyl (C=O) groups is 2. The molecule has 2 rings (SSSR count). The highest BCUT2D eigenvalue weighted by Gasteiger charge is 2.23. The van der Waals surface area contributed by atoms with Crippen molar-refractivity contribution in [1.29, 1.82) is 0 Å². The van der Waals surface area contributed by atoms with Gasteiger partial charge in [-0.2, -0.15) is 0 Å². The van der Waals surface area contributed by atoms with Gasteiger partial charge in [-0.15, -0.1) is 0 Å². The van der Waals surface area contributed by atoms with Gasteiger partial charge in [0.1, 0.15) is 0 Å². The largest absolute Gasteiger partial charge is 0.449 e. The van der Waals surface area contributed by atoms with E-state index in [2.05, 4.69) is 5.32 Å². The number of nitrogens with two attached hydrogens (primary N) is 1. The first-order valence-electron chi connectivity index (χ1n) is 6.93. The minimum absolute atomic E-state index is 0.222. The fraction of sp³-hybridized carbons (Fsp3) is 0.467. The highest BCUT2D eigenvalue weighted by molar-refractivity contribution is 5.92. The predicted molar refractivity (Wildman–Crippen MR) is 76.1 cm³/mol. The molecule has 3 N–H and O–H groups in total. The minimum Gasteiger partial charge on any atom is -0.449 e. The van der Waals surface area contributed by atoms with E-state index in [9.17, 15) is 9.59 Å². The average Bonchev–Trinajstić information content (AvgIpc) is 2.92. The van der Waals surface area contributed by atoms with Gasteiger partial charge in [0, 0.05) is 11.7 Å². The molecule has 0 heterocycles. The van der Waals surface area contributed by atoms with Crippen molar-refractivity contribution in [2.45, 2.75) is 44.8 Å². The summed E-state index contributed by atoms with van der Waals surface area (Å²) in [4.78, 5) is 23.8. The van der Waals surface area contributed by atoms with E-state index in [1.807, 2.05) is 0 Å². The van der Waals surface area contributed by atoms with Crippen molar-refractivity contribution in [3.8, 4) is 0 Å². The number of benzene rings is 1. The van der Waals surface area contributed by atoms with Crippen LogP contribution in [0.2, 0.25) is 0 Å². The third-order valence-electron chi connectivity index (χ3n) is 3.50. The number of esters is 1. The summed E-state index contributed by atoms with van der Waals surface area (Å²) in [6.45, 7) is 1.58. The van der Waals surface area contributed by atoms with Gasteiger partial charge < -0.3 is 15.8 Å². The molecule has 1 aromatic carbocycles. The van der Waals surface area contributed by atoms with Gasteiger partial charge in [0.25, 0.3) is 5.91 Å². The third kappa shape index (κ3) is 3.73. The molecular formula is C15H20N2O3. The maximum atomic E-state index is 11.9. The molecule has 1 aliphatic rings. The minimum atomic E-state index is -0.791. The number of nitrogens with one attached hydrogen (secondary N) is 1. The molecule has 20 heavy (non-hydrogen) atoms. The van der Waals surface area contributed by atoms with Crippen molar-refractivity contribution >= 4 is 17.6 Å². The lowest BCUT2D eigenvalue weighted by atomic mass is 10.2. The number of amides is 1. The Kier molecular flexibility index (Phi) is 4.61. The lowest BCUT2D eigenvalue weighted by Crippen LogP contribution is -2.40. The predicted octanol–water partition coefficient (Wildman–Crippen LogP) is 1.87. The van der Waals surface area contributed by atoms with Gasteiger partial charge in [0.05, 0.1) is 5.56 Å². The second-order valence-electron chi connectivity index (χ2n) is 5.16. The van der Waals surface area contributed by atoms with E-state index in [0.717, 1.165) is 25.7 Å². The zero-order valence-electron chi connectivity index (χ0n) is 11.6. The Morgan fingerprint density at radius 2 is 1.85 bits per heavy atom. The molecule has 1 saturated carbocycles. The number of ether oxygens (including phenoxy) is 1. The maximum Gasteiger partial charge on any atom is 0.338 e. The number of anilines is 1. The van der Waals surface area contributed by atoms with E-state index in [-0.39, 0.29) is 11.9 Å². The molecule has 108 valence electrons. The molecular weight excluding hydrogens is 256 g/mol. The lowest BCUT2D eigenvalue weighted by Gasteiger charge is -2.17. The molecule has 0 spiro atoms. The molecule has 0 aliphatic heterocycles. The normalized spacial score (nSPS) is 16.6. The summed E-state index contributed by atoms with van der Waals surface area (Å²) in [5.74, 6) is -0.750. The van der Waals surface area contributed by atoms with Crippen LogP contribution in [0.15, 0.2) is 24.3 Å². The maximum absolute atomic E-state index is 11.9. The number of hydrogen-bond acceptors (Lipinski definition) is 4. The van der Waals surface area contributed by atoms with Crippen molar-refractivity contribution in [2.75, 3.05) is 5.73 Å². The topological polar surface area (TPSA) is 81.4 Å². The van der Waals surface area contributed by atoms with E-state index in [1.54, 1.807) is 31.2 Å². The molecule has 0 saturated heterocycles. The summed E-state index contributed by atoms with van der Waals surface area (Å²) in [7, 11) is 0. The molecule has 0 radical (unpaired) electrons. The fourth-order valence-corrected chi connectivity index (χ4v) is 2.29. The molecule has 1 aliphatic carbocycles. The quantitative estimate of drug-likeness (QED) is 0.650. The third-order valence-corrected chi connectivity index (χ3v) is 3.50. The highest BCUT2D eigenvalue weighted by atomic mass is 16.5. The Balaban J connectivity index is 1.86. The Morgan fingerprint density at radius 1 is 1.25 bits per heavy atom. The van der Waals surface area contributed by atoms with Crippen LogP contribution in [0, 0.1) is 0 Å². The van der Waals surface area contributed by atoms with Crippen molar-refractivity contribution in [2.24, 2.45) is 0 Å². The van der Waals surface area contributed by atoms with Crippen LogP contribution in [0.25, 0.3) is 0 Å². The summed E-state index contributed by atoms with van der Waals surface area (Å²) in [5, 5.41) is 2.91. The first-order chi connectivity index (χ1) is 9.56. The van der Waals surface area contributed by atoms with Crippen LogP contribution in [0.4, 0.5) is 5.69 Å². The summed E-state index contributed by atoms with van der Waals surface area (Å²) >= 11 is 0. The van der Waals surface area contributed by atoms with Crippen LogP contribution >= 0.6 is 0 Å². The number of carbonyl (C=O) groups excluding carboxylic acids is 2. The molecule has 1 unspecified atom stereocenters. The molecule has 0 aromatic heterocycles. The van der Waals surface area contributed by atoms with Crippen LogP contribution in [0.5, 0.6) is 0 Å². The Morgan fingerprint density at radius 3 is 2.45 bits per heavy atom. The summed E-state index contributed by atoms with van der Waals surface area (Å²) in [6.07, 6.45) is 3.50. The fourth-order valence-electron chi connectivity index (χ4n) is 2.29. The molecule has 1 atom stereocenters. The van der Waals surface area contributed by atoms with E-state index in [1.165, 1.54) is 0 Å². The van der Waals surface area contributed by atoms with Gasteiger partial charge in [0.2, 0.25) is 0 Å². The number of hydrogen-bond donors (Lipinski definition) is 2. The smallest absolute Gasteiger partial charge is 0.338 e. The van der Waals surface area contributed by atoms with E-state index < -0.39 is 12.1 Å². The van der Waals surface area contributed by atoms with Crippen LogP contribution in [0.3, 0.4) is 0 Å². The Hall–Kier alpha value is -2.04. The van der Waals surface area contributed by atoms with Crippen molar-refractivity contribution in [3.63, 3.8) is 0 Å². The molecule has 0 bridgehead atoms. The van der Waals surface area contributed by atoms with Crippen LogP contribution in [0.1, 0.15) is 43.0 Å². The SMILES string of the molecule is CC(OC(=O)c1ccc(N)cc1)C(=O)NC1CCCC1. The molecule has 5 nitrogen and oxygen atoms in total. The summed E-state index contributed by atoms with van der Waals surface area (Å²) in [6, 6.07) is 6.64. The zero-order chi connectivity index (χ0) is 14.5. The zero-order valence-corrected chi connectivity index (χ0v) is 11.6. The molecule has 1 fully saturated rings. The van der Waals surface area contributed by atoms with Crippen LogP contribution in [-0.2, 0) is 9.53 Å². The summed E-state index contributed by atoms with van der Waals surface area (Å²) < 4.78 is 5.16. The van der Waals surface area contributed by atoms with Crippen LogP contribution in [-0.4, -0.2) is 24.0 Å². The average molecular weight is 276 g/mol. The van der Waals surface area contributed by atoms with Gasteiger partial charge in [-0.3, -0.25) is 4.79 Å². The molecule has 1 amide bonds. The van der Waals surface area contributed by atoms with Crippen LogP contribution < -0.4 is 11.1 Å². The van der Waals surface area contributed by atoms with Gasteiger partial charge in [-0.1, -0.05) is 12.8 Å². The Labute approximate surface area is 118 Å². The monoisotopic (exact) mass is 276 g/mol. The van der Waals surface area contributed by atoms with Crippen molar-refractivity contribution < 1.29 is 14.3 Å². The van der Waals surface area contributed by atoms with Gasteiger partial charge in [0.15, 0.2) is 6.10 Å². The standard InChI is InChI=1S/C15H20N2O3/c1-10(14(18)17-13-4-2-3-5-13)20-15(19)11-6-8-12(16)9-7-11/h6-10,13H,2-5,16H2,1H3,(H,17,18). The van der Waals surface area contributed by atoms with E-state index in [0.29, 0.717) is 11.3 Å². The number of nitrogen functional groups attached to an aromatic ring is 1. The second-order valence-corrected chi connectivity index (χ2v) is 5.16. The lowest BCUT2D eigenvalue weighted by molar-refractivity contribution is -0.129. The van der Waals surface area contributed by atoms with Crippen molar-refractivity contribution in [1.82, 2.24) is 5.32 Å². The summed E-state index contributed by atoms with van der Waals surface area (Å²) in [5.41, 5.74) is 6.52. The first kappa shape index (κ1) is 14.4. The highest BCUT2D eigenvalue weighted by Crippen LogP contribution is 2.18. The van der Waals surface area contributed by atoms with Gasteiger partial charge in [-0.05, 0) is 44.0 Å². The number of rotatable bonds is 4. The molecule has 5 heteroatoms. The van der Waals surface area contributed by atoms with Gasteiger partial charge in [-0.25, -0.2) is 4.79 Å². The van der Waals surface area contributed by atoms with Crippen molar-refractivity contribution in [3.05, 3.63) is 29.8 Å².